The first kappa shape index (κ1) is 36.3. The van der Waals surface area contributed by atoms with Gasteiger partial charge in [-0.3, -0.25) is 14.5 Å². The average Bonchev–Trinajstić information content (AvgIpc) is 4.00. The van der Waals surface area contributed by atoms with E-state index in [1.165, 1.54) is 0 Å². The fourth-order valence-corrected chi connectivity index (χ4v) is 8.07. The number of hydrogen-bond donors (Lipinski definition) is 2. The number of imidazole rings is 2. The van der Waals surface area contributed by atoms with Gasteiger partial charge in [-0.25, -0.2) is 14.4 Å². The molecule has 2 saturated heterocycles. The van der Waals surface area contributed by atoms with Gasteiger partial charge in [-0.2, -0.15) is 0 Å². The second kappa shape index (κ2) is 15.9. The first-order valence-corrected chi connectivity index (χ1v) is 19.1. The fourth-order valence-electron chi connectivity index (χ4n) is 8.07. The van der Waals surface area contributed by atoms with Crippen LogP contribution in [0.4, 0.5) is 4.39 Å². The summed E-state index contributed by atoms with van der Waals surface area (Å²) in [6.45, 7) is 11.3. The molecule has 2 aliphatic heterocycles. The highest BCUT2D eigenvalue weighted by atomic mass is 19.1. The smallest absolute Gasteiger partial charge is 0.245 e. The Morgan fingerprint density at radius 1 is 0.792 bits per heavy atom. The zero-order valence-electron chi connectivity index (χ0n) is 31.2. The molecular formula is C43H50FN7O2. The molecule has 0 aliphatic carbocycles. The van der Waals surface area contributed by atoms with Crippen LogP contribution in [0.1, 0.15) is 95.1 Å². The Bertz CT molecular complexity index is 2020. The van der Waals surface area contributed by atoms with Crippen molar-refractivity contribution in [3.8, 4) is 33.6 Å². The topological polar surface area (TPSA) is 101 Å². The van der Waals surface area contributed by atoms with Crippen LogP contribution in [0.25, 0.3) is 33.6 Å². The van der Waals surface area contributed by atoms with Crippen LogP contribution in [0.3, 0.4) is 0 Å². The molecule has 2 N–H and O–H groups in total. The number of benzene rings is 3. The molecule has 10 heteroatoms. The number of halogens is 1. The zero-order valence-corrected chi connectivity index (χ0v) is 31.2. The number of likely N-dealkylation sites (N-methyl/N-ethyl adjacent to an activating group) is 1. The molecule has 0 radical (unpaired) electrons. The number of aromatic nitrogens is 4. The van der Waals surface area contributed by atoms with Crippen molar-refractivity contribution in [2.24, 2.45) is 5.92 Å². The predicted molar refractivity (Wildman–Crippen MR) is 206 cm³/mol. The van der Waals surface area contributed by atoms with E-state index < -0.39 is 0 Å². The van der Waals surface area contributed by atoms with Gasteiger partial charge in [0.05, 0.1) is 35.9 Å². The SMILES string of the molecule is CCN(CC)[C@@H](C(=O)N1CCC[C@H]1c1ncc(-c2ccc(-c3ccc(-c4cnc([C@@H]5CCCN5C(=O)CC(C)C)[nH]4)c(F)c3)cc2)[nH]1)c1ccccc1. The summed E-state index contributed by atoms with van der Waals surface area (Å²) in [6.07, 6.45) is 7.57. The molecule has 276 valence electrons. The molecule has 2 amide bonds. The maximum Gasteiger partial charge on any atom is 0.245 e. The third-order valence-electron chi connectivity index (χ3n) is 10.8. The molecule has 0 unspecified atom stereocenters. The van der Waals surface area contributed by atoms with Crippen molar-refractivity contribution in [3.05, 3.63) is 108 Å². The highest BCUT2D eigenvalue weighted by Gasteiger charge is 2.38. The molecule has 53 heavy (non-hydrogen) atoms. The second-order valence-electron chi connectivity index (χ2n) is 14.7. The Labute approximate surface area is 311 Å². The zero-order chi connectivity index (χ0) is 37.1. The van der Waals surface area contributed by atoms with Gasteiger partial charge in [-0.05, 0) is 79.1 Å². The van der Waals surface area contributed by atoms with E-state index in [9.17, 15) is 9.59 Å². The van der Waals surface area contributed by atoms with Crippen LogP contribution >= 0.6 is 0 Å². The number of nitrogens with zero attached hydrogens (tertiary/aromatic N) is 5. The molecule has 9 nitrogen and oxygen atoms in total. The Balaban J connectivity index is 1.04. The van der Waals surface area contributed by atoms with Gasteiger partial charge in [0.15, 0.2) is 0 Å². The first-order chi connectivity index (χ1) is 25.7. The van der Waals surface area contributed by atoms with Crippen molar-refractivity contribution in [3.63, 3.8) is 0 Å². The van der Waals surface area contributed by atoms with E-state index >= 15 is 4.39 Å². The lowest BCUT2D eigenvalue weighted by molar-refractivity contribution is -0.138. The van der Waals surface area contributed by atoms with E-state index in [0.29, 0.717) is 36.0 Å². The highest BCUT2D eigenvalue weighted by Crippen LogP contribution is 2.37. The molecule has 4 heterocycles. The van der Waals surface area contributed by atoms with Gasteiger partial charge in [0.2, 0.25) is 11.8 Å². The van der Waals surface area contributed by atoms with Crippen molar-refractivity contribution in [2.75, 3.05) is 26.2 Å². The maximum atomic E-state index is 15.6. The number of H-pyrrole nitrogens is 2. The predicted octanol–water partition coefficient (Wildman–Crippen LogP) is 8.73. The fraction of sp³-hybridized carbons (Fsp3) is 0.395. The number of amides is 2. The Morgan fingerprint density at radius 2 is 1.38 bits per heavy atom. The van der Waals surface area contributed by atoms with Crippen molar-refractivity contribution >= 4 is 11.8 Å². The van der Waals surface area contributed by atoms with E-state index in [2.05, 4.69) is 47.5 Å². The van der Waals surface area contributed by atoms with Crippen molar-refractivity contribution in [1.82, 2.24) is 34.6 Å². The van der Waals surface area contributed by atoms with Crippen LogP contribution in [-0.4, -0.2) is 72.6 Å². The number of carbonyl (C=O) groups excluding carboxylic acids is 2. The molecule has 3 atom stereocenters. The van der Waals surface area contributed by atoms with E-state index in [1.807, 2.05) is 76.7 Å². The summed E-state index contributed by atoms with van der Waals surface area (Å²) in [5.74, 6) is 1.71. The number of carbonyl (C=O) groups is 2. The first-order valence-electron chi connectivity index (χ1n) is 19.1. The van der Waals surface area contributed by atoms with Gasteiger partial charge < -0.3 is 19.8 Å². The summed E-state index contributed by atoms with van der Waals surface area (Å²) in [6, 6.07) is 22.8. The Hall–Kier alpha value is -5.09. The number of hydrogen-bond acceptors (Lipinski definition) is 5. The lowest BCUT2D eigenvalue weighted by atomic mass is 10.0. The van der Waals surface area contributed by atoms with Crippen LogP contribution in [0.15, 0.2) is 85.2 Å². The van der Waals surface area contributed by atoms with Gasteiger partial charge in [-0.15, -0.1) is 0 Å². The lowest BCUT2D eigenvalue weighted by Gasteiger charge is -2.34. The van der Waals surface area contributed by atoms with Gasteiger partial charge in [0.1, 0.15) is 23.5 Å². The lowest BCUT2D eigenvalue weighted by Crippen LogP contribution is -2.43. The van der Waals surface area contributed by atoms with Gasteiger partial charge in [-0.1, -0.05) is 88.4 Å². The molecule has 5 aromatic rings. The highest BCUT2D eigenvalue weighted by molar-refractivity contribution is 5.84. The molecule has 0 bridgehead atoms. The van der Waals surface area contributed by atoms with Crippen molar-refractivity contribution in [2.45, 2.75) is 77.9 Å². The summed E-state index contributed by atoms with van der Waals surface area (Å²) in [5.41, 5.74) is 5.55. The number of rotatable bonds is 12. The second-order valence-corrected chi connectivity index (χ2v) is 14.7. The summed E-state index contributed by atoms with van der Waals surface area (Å²) >= 11 is 0. The average molecular weight is 716 g/mol. The minimum atomic E-state index is -0.342. The molecule has 2 aliphatic rings. The molecule has 7 rings (SSSR count). The van der Waals surface area contributed by atoms with Crippen molar-refractivity contribution < 1.29 is 14.0 Å². The summed E-state index contributed by atoms with van der Waals surface area (Å²) in [4.78, 5) is 49.3. The van der Waals surface area contributed by atoms with E-state index in [1.54, 1.807) is 18.3 Å². The minimum Gasteiger partial charge on any atom is -0.340 e. The summed E-state index contributed by atoms with van der Waals surface area (Å²) < 4.78 is 15.6. The Morgan fingerprint density at radius 3 is 2.02 bits per heavy atom. The van der Waals surface area contributed by atoms with Crippen LogP contribution in [-0.2, 0) is 9.59 Å². The normalized spacial score (nSPS) is 18.0. The largest absolute Gasteiger partial charge is 0.340 e. The van der Waals surface area contributed by atoms with Gasteiger partial charge in [0.25, 0.3) is 0 Å². The van der Waals surface area contributed by atoms with E-state index in [-0.39, 0.29) is 35.8 Å². The third kappa shape index (κ3) is 7.55. The molecule has 2 fully saturated rings. The number of nitrogens with one attached hydrogen (secondary N) is 2. The quantitative estimate of drug-likeness (QED) is 0.135. The van der Waals surface area contributed by atoms with Crippen molar-refractivity contribution in [1.29, 1.82) is 0 Å². The van der Waals surface area contributed by atoms with Crippen LogP contribution < -0.4 is 0 Å². The summed E-state index contributed by atoms with van der Waals surface area (Å²) in [7, 11) is 0. The molecule has 3 aromatic carbocycles. The monoisotopic (exact) mass is 715 g/mol. The van der Waals surface area contributed by atoms with E-state index in [4.69, 9.17) is 4.98 Å². The van der Waals surface area contributed by atoms with Crippen LogP contribution in [0.2, 0.25) is 0 Å². The van der Waals surface area contributed by atoms with E-state index in [0.717, 1.165) is 79.1 Å². The van der Waals surface area contributed by atoms with Crippen LogP contribution in [0.5, 0.6) is 0 Å². The Kier molecular flexibility index (Phi) is 10.9. The molecule has 0 saturated carbocycles. The molecule has 0 spiro atoms. The summed E-state index contributed by atoms with van der Waals surface area (Å²) in [5, 5.41) is 0. The maximum absolute atomic E-state index is 15.6. The standard InChI is InChI=1S/C43H50FN7O2/c1-5-49(6-2)40(31-12-8-7-9-13-31)43(53)51-23-11-15-38(51)42-45-26-35(47-42)30-18-16-29(17-19-30)32-20-21-33(34(44)25-32)36-27-46-41(48-36)37-14-10-22-50(37)39(52)24-28(3)4/h7-9,12-13,16-21,25-28,37-38,40H,5-6,10-11,14-15,22-24H2,1-4H3,(H,45,47)(H,46,48)/t37-,38-,40+/m0/s1. The number of aromatic amines is 2. The number of likely N-dealkylation sites (tertiary alicyclic amines) is 2. The third-order valence-corrected chi connectivity index (χ3v) is 10.8. The molecule has 2 aromatic heterocycles. The van der Waals surface area contributed by atoms with Crippen LogP contribution in [0, 0.1) is 11.7 Å². The van der Waals surface area contributed by atoms with Gasteiger partial charge >= 0.3 is 0 Å². The minimum absolute atomic E-state index is 0.106. The van der Waals surface area contributed by atoms with Gasteiger partial charge in [0, 0.05) is 25.1 Å². The molecular weight excluding hydrogens is 666 g/mol.